The second-order valence-corrected chi connectivity index (χ2v) is 3.52. The summed E-state index contributed by atoms with van der Waals surface area (Å²) in [6, 6.07) is 5.22. The summed E-state index contributed by atoms with van der Waals surface area (Å²) in [6.45, 7) is 0.143. The van der Waals surface area contributed by atoms with Crippen LogP contribution in [0.5, 0.6) is 5.75 Å². The van der Waals surface area contributed by atoms with Gasteiger partial charge in [-0.25, -0.2) is 4.79 Å². The average molecular weight is 289 g/mol. The zero-order chi connectivity index (χ0) is 12.0. The Morgan fingerprint density at radius 2 is 2.12 bits per heavy atom. The first-order chi connectivity index (χ1) is 7.74. The number of esters is 1. The minimum absolute atomic E-state index is 0.143. The predicted octanol–water partition coefficient (Wildman–Crippen LogP) is 2.35. The van der Waals surface area contributed by atoms with Gasteiger partial charge in [0.2, 0.25) is 0 Å². The van der Waals surface area contributed by atoms with E-state index in [1.807, 2.05) is 0 Å². The van der Waals surface area contributed by atoms with Crippen molar-refractivity contribution in [3.05, 3.63) is 29.3 Å². The van der Waals surface area contributed by atoms with Crippen LogP contribution in [0.25, 0.3) is 0 Å². The molecule has 0 aliphatic rings. The topological polar surface area (TPSA) is 44.8 Å². The fourth-order valence-corrected chi connectivity index (χ4v) is 1.84. The molecule has 0 bridgehead atoms. The molecule has 0 N–H and O–H groups in total. The Balaban J connectivity index is 3.05. The Morgan fingerprint density at radius 3 is 2.69 bits per heavy atom. The number of hydrogen-bond donors (Lipinski definition) is 0. The van der Waals surface area contributed by atoms with Crippen molar-refractivity contribution in [1.29, 1.82) is 0 Å². The Kier molecular flexibility index (Phi) is 5.28. The molecule has 1 rings (SSSR count). The minimum Gasteiger partial charge on any atom is -0.467 e. The molecule has 0 fully saturated rings. The molecule has 0 saturated heterocycles. The van der Waals surface area contributed by atoms with Gasteiger partial charge >= 0.3 is 5.97 Å². The molecule has 0 atom stereocenters. The number of hydrogen-bond acceptors (Lipinski definition) is 4. The highest BCUT2D eigenvalue weighted by Crippen LogP contribution is 2.25. The SMILES string of the molecule is COCOc1cccc(C(=O)OC)c1CBr. The van der Waals surface area contributed by atoms with Crippen LogP contribution in [0.3, 0.4) is 0 Å². The lowest BCUT2D eigenvalue weighted by Gasteiger charge is -2.12. The Morgan fingerprint density at radius 1 is 1.38 bits per heavy atom. The third kappa shape index (κ3) is 2.96. The Bertz CT molecular complexity index is 365. The molecule has 0 spiro atoms. The molecule has 1 aromatic rings. The molecule has 4 nitrogen and oxygen atoms in total. The number of carbonyl (C=O) groups is 1. The van der Waals surface area contributed by atoms with Crippen molar-refractivity contribution in [2.45, 2.75) is 5.33 Å². The molecule has 5 heteroatoms. The van der Waals surface area contributed by atoms with E-state index in [0.717, 1.165) is 5.56 Å². The highest BCUT2D eigenvalue weighted by molar-refractivity contribution is 9.08. The van der Waals surface area contributed by atoms with Crippen molar-refractivity contribution >= 4 is 21.9 Å². The smallest absolute Gasteiger partial charge is 0.338 e. The van der Waals surface area contributed by atoms with Crippen LogP contribution < -0.4 is 4.74 Å². The van der Waals surface area contributed by atoms with Gasteiger partial charge in [-0.15, -0.1) is 0 Å². The highest BCUT2D eigenvalue weighted by atomic mass is 79.9. The molecule has 0 aliphatic carbocycles. The Hall–Kier alpha value is -1.07. The molecule has 0 aromatic heterocycles. The summed E-state index contributed by atoms with van der Waals surface area (Å²) in [7, 11) is 2.89. The highest BCUT2D eigenvalue weighted by Gasteiger charge is 2.15. The van der Waals surface area contributed by atoms with Gasteiger partial charge in [0.1, 0.15) is 5.75 Å². The number of ether oxygens (including phenoxy) is 3. The maximum atomic E-state index is 11.5. The van der Waals surface area contributed by atoms with E-state index in [4.69, 9.17) is 14.2 Å². The van der Waals surface area contributed by atoms with E-state index in [9.17, 15) is 4.79 Å². The molecule has 88 valence electrons. The number of rotatable bonds is 5. The summed E-state index contributed by atoms with van der Waals surface area (Å²) < 4.78 is 14.9. The largest absolute Gasteiger partial charge is 0.467 e. The number of alkyl halides is 1. The van der Waals surface area contributed by atoms with Crippen LogP contribution in [0.2, 0.25) is 0 Å². The molecular formula is C11H13BrO4. The molecule has 0 saturated carbocycles. The summed E-state index contributed by atoms with van der Waals surface area (Å²) in [5.41, 5.74) is 1.25. The molecule has 0 aliphatic heterocycles. The van der Waals surface area contributed by atoms with Crippen LogP contribution in [0.4, 0.5) is 0 Å². The van der Waals surface area contributed by atoms with Crippen LogP contribution in [0.15, 0.2) is 18.2 Å². The first kappa shape index (κ1) is 13.0. The van der Waals surface area contributed by atoms with E-state index in [0.29, 0.717) is 16.6 Å². The van der Waals surface area contributed by atoms with Crippen LogP contribution in [-0.2, 0) is 14.8 Å². The van der Waals surface area contributed by atoms with Crippen molar-refractivity contribution in [2.24, 2.45) is 0 Å². The summed E-state index contributed by atoms with van der Waals surface area (Å²) in [5.74, 6) is 0.235. The zero-order valence-electron chi connectivity index (χ0n) is 9.16. The minimum atomic E-state index is -0.377. The van der Waals surface area contributed by atoms with Crippen molar-refractivity contribution in [2.75, 3.05) is 21.0 Å². The van der Waals surface area contributed by atoms with Crippen molar-refractivity contribution < 1.29 is 19.0 Å². The van der Waals surface area contributed by atoms with Crippen LogP contribution >= 0.6 is 15.9 Å². The fraction of sp³-hybridized carbons (Fsp3) is 0.364. The fourth-order valence-electron chi connectivity index (χ4n) is 1.26. The first-order valence-electron chi connectivity index (χ1n) is 4.62. The van der Waals surface area contributed by atoms with Crippen LogP contribution in [0.1, 0.15) is 15.9 Å². The second kappa shape index (κ2) is 6.50. The quantitative estimate of drug-likeness (QED) is 0.474. The number of methoxy groups -OCH3 is 2. The predicted molar refractivity (Wildman–Crippen MR) is 62.9 cm³/mol. The summed E-state index contributed by atoms with van der Waals surface area (Å²) in [5, 5.41) is 0.511. The maximum absolute atomic E-state index is 11.5. The van der Waals surface area contributed by atoms with E-state index in [-0.39, 0.29) is 12.8 Å². The van der Waals surface area contributed by atoms with Crippen LogP contribution in [0, 0.1) is 0 Å². The molecule has 0 radical (unpaired) electrons. The van der Waals surface area contributed by atoms with Gasteiger partial charge in [0.15, 0.2) is 6.79 Å². The van der Waals surface area contributed by atoms with Crippen molar-refractivity contribution in [3.8, 4) is 5.75 Å². The van der Waals surface area contributed by atoms with Crippen molar-refractivity contribution in [3.63, 3.8) is 0 Å². The average Bonchev–Trinajstić information content (AvgIpc) is 2.34. The number of halogens is 1. The first-order valence-corrected chi connectivity index (χ1v) is 5.74. The van der Waals surface area contributed by atoms with Gasteiger partial charge in [-0.1, -0.05) is 22.0 Å². The summed E-state index contributed by atoms with van der Waals surface area (Å²) in [4.78, 5) is 11.5. The van der Waals surface area contributed by atoms with Gasteiger partial charge in [0.25, 0.3) is 0 Å². The van der Waals surface area contributed by atoms with E-state index in [2.05, 4.69) is 15.9 Å². The standard InChI is InChI=1S/C11H13BrO4/c1-14-7-16-10-5-3-4-8(9(10)6-12)11(13)15-2/h3-5H,6-7H2,1-2H3. The molecule has 0 amide bonds. The van der Waals surface area contributed by atoms with Gasteiger partial charge in [0, 0.05) is 18.0 Å². The summed E-state index contributed by atoms with van der Waals surface area (Å²) in [6.07, 6.45) is 0. The Labute approximate surface area is 103 Å². The number of carbonyl (C=O) groups excluding carboxylic acids is 1. The van der Waals surface area contributed by atoms with Gasteiger partial charge in [-0.3, -0.25) is 0 Å². The summed E-state index contributed by atoms with van der Waals surface area (Å²) >= 11 is 3.32. The lowest BCUT2D eigenvalue weighted by atomic mass is 10.1. The normalized spacial score (nSPS) is 9.94. The van der Waals surface area contributed by atoms with Gasteiger partial charge in [-0.2, -0.15) is 0 Å². The maximum Gasteiger partial charge on any atom is 0.338 e. The number of benzene rings is 1. The van der Waals surface area contributed by atoms with Crippen LogP contribution in [-0.4, -0.2) is 27.0 Å². The van der Waals surface area contributed by atoms with E-state index in [1.165, 1.54) is 14.2 Å². The lowest BCUT2D eigenvalue weighted by Crippen LogP contribution is -2.08. The molecule has 0 unspecified atom stereocenters. The van der Waals surface area contributed by atoms with E-state index < -0.39 is 0 Å². The molecule has 1 aromatic carbocycles. The lowest BCUT2D eigenvalue weighted by molar-refractivity contribution is 0.0497. The molecule has 16 heavy (non-hydrogen) atoms. The van der Waals surface area contributed by atoms with Gasteiger partial charge < -0.3 is 14.2 Å². The zero-order valence-corrected chi connectivity index (χ0v) is 10.7. The van der Waals surface area contributed by atoms with Crippen molar-refractivity contribution in [1.82, 2.24) is 0 Å². The molecule has 0 heterocycles. The van der Waals surface area contributed by atoms with Gasteiger partial charge in [0.05, 0.1) is 12.7 Å². The second-order valence-electron chi connectivity index (χ2n) is 2.96. The van der Waals surface area contributed by atoms with Gasteiger partial charge in [-0.05, 0) is 12.1 Å². The van der Waals surface area contributed by atoms with E-state index in [1.54, 1.807) is 18.2 Å². The molecular weight excluding hydrogens is 276 g/mol. The third-order valence-electron chi connectivity index (χ3n) is 2.00. The van der Waals surface area contributed by atoms with E-state index >= 15 is 0 Å². The third-order valence-corrected chi connectivity index (χ3v) is 2.56. The monoisotopic (exact) mass is 288 g/mol.